The largest absolute Gasteiger partial charge is 0.493 e. The van der Waals surface area contributed by atoms with Crippen molar-refractivity contribution in [2.24, 2.45) is 5.73 Å². The lowest BCUT2D eigenvalue weighted by atomic mass is 10.1. The summed E-state index contributed by atoms with van der Waals surface area (Å²) in [5.74, 6) is 0.921. The van der Waals surface area contributed by atoms with E-state index in [1.165, 1.54) is 0 Å². The maximum absolute atomic E-state index is 11.9. The molecular formula is C14H20N2O3. The molecule has 19 heavy (non-hydrogen) atoms. The minimum Gasteiger partial charge on any atom is -0.493 e. The lowest BCUT2D eigenvalue weighted by molar-refractivity contribution is -0.117. The zero-order valence-electron chi connectivity index (χ0n) is 11.5. The summed E-state index contributed by atoms with van der Waals surface area (Å²) in [6, 6.07) is 2.91. The molecule has 0 aliphatic carbocycles. The number of carbonyl (C=O) groups is 1. The van der Waals surface area contributed by atoms with Crippen LogP contribution in [0.15, 0.2) is 24.8 Å². The van der Waals surface area contributed by atoms with Gasteiger partial charge in [0.15, 0.2) is 11.5 Å². The number of ether oxygens (including phenoxy) is 2. The van der Waals surface area contributed by atoms with Crippen LogP contribution in [0.1, 0.15) is 12.0 Å². The van der Waals surface area contributed by atoms with E-state index in [-0.39, 0.29) is 5.91 Å². The van der Waals surface area contributed by atoms with Crippen LogP contribution in [0.5, 0.6) is 11.5 Å². The second-order valence-electron chi connectivity index (χ2n) is 4.14. The topological polar surface area (TPSA) is 73.6 Å². The molecule has 1 aromatic rings. The molecule has 1 rings (SSSR count). The molecule has 1 atom stereocenters. The fourth-order valence-corrected chi connectivity index (χ4v) is 1.63. The summed E-state index contributed by atoms with van der Waals surface area (Å²) in [5.41, 5.74) is 7.24. The van der Waals surface area contributed by atoms with Crippen LogP contribution < -0.4 is 20.5 Å². The number of amides is 1. The third kappa shape index (κ3) is 3.72. The molecule has 104 valence electrons. The van der Waals surface area contributed by atoms with Gasteiger partial charge in [0.1, 0.15) is 0 Å². The van der Waals surface area contributed by atoms with Crippen molar-refractivity contribution in [2.45, 2.75) is 19.4 Å². The monoisotopic (exact) mass is 264 g/mol. The first-order chi connectivity index (χ1) is 9.03. The van der Waals surface area contributed by atoms with Gasteiger partial charge in [-0.15, -0.1) is 6.58 Å². The molecule has 0 aromatic heterocycles. The average molecular weight is 264 g/mol. The van der Waals surface area contributed by atoms with Gasteiger partial charge in [0.2, 0.25) is 5.91 Å². The summed E-state index contributed by atoms with van der Waals surface area (Å²) in [6.07, 6.45) is 2.05. The number of anilines is 1. The molecule has 0 spiro atoms. The smallest absolute Gasteiger partial charge is 0.241 e. The van der Waals surface area contributed by atoms with Gasteiger partial charge in [-0.1, -0.05) is 6.08 Å². The highest BCUT2D eigenvalue weighted by molar-refractivity contribution is 5.95. The maximum atomic E-state index is 11.9. The van der Waals surface area contributed by atoms with Crippen molar-refractivity contribution in [1.29, 1.82) is 0 Å². The first-order valence-electron chi connectivity index (χ1n) is 5.93. The van der Waals surface area contributed by atoms with E-state index in [1.54, 1.807) is 32.4 Å². The molecular weight excluding hydrogens is 244 g/mol. The summed E-state index contributed by atoms with van der Waals surface area (Å²) in [5, 5.41) is 2.77. The van der Waals surface area contributed by atoms with Gasteiger partial charge in [0.05, 0.1) is 20.3 Å². The van der Waals surface area contributed by atoms with Crippen LogP contribution in [0.4, 0.5) is 5.69 Å². The van der Waals surface area contributed by atoms with E-state index < -0.39 is 6.04 Å². The van der Waals surface area contributed by atoms with E-state index in [4.69, 9.17) is 15.2 Å². The predicted molar refractivity (Wildman–Crippen MR) is 75.7 cm³/mol. The number of carbonyl (C=O) groups excluding carboxylic acids is 1. The van der Waals surface area contributed by atoms with Crippen molar-refractivity contribution in [3.63, 3.8) is 0 Å². The molecule has 5 heteroatoms. The van der Waals surface area contributed by atoms with E-state index >= 15 is 0 Å². The van der Waals surface area contributed by atoms with Gasteiger partial charge >= 0.3 is 0 Å². The average Bonchev–Trinajstić information content (AvgIpc) is 2.40. The van der Waals surface area contributed by atoms with Crippen LogP contribution in [0.2, 0.25) is 0 Å². The number of hydrogen-bond donors (Lipinski definition) is 2. The summed E-state index contributed by atoms with van der Waals surface area (Å²) in [6.45, 7) is 5.43. The Labute approximate surface area is 113 Å². The molecule has 1 amide bonds. The lowest BCUT2D eigenvalue weighted by Crippen LogP contribution is -2.35. The molecule has 0 aliphatic heterocycles. The van der Waals surface area contributed by atoms with Crippen molar-refractivity contribution in [1.82, 2.24) is 0 Å². The van der Waals surface area contributed by atoms with Gasteiger partial charge < -0.3 is 20.5 Å². The molecule has 0 heterocycles. The number of methoxy groups -OCH3 is 2. The molecule has 0 saturated carbocycles. The van der Waals surface area contributed by atoms with E-state index in [2.05, 4.69) is 11.9 Å². The third-order valence-electron chi connectivity index (χ3n) is 2.75. The lowest BCUT2D eigenvalue weighted by Gasteiger charge is -2.15. The Morgan fingerprint density at radius 1 is 1.42 bits per heavy atom. The van der Waals surface area contributed by atoms with Crippen LogP contribution in [0.3, 0.4) is 0 Å². The van der Waals surface area contributed by atoms with Crippen molar-refractivity contribution in [3.8, 4) is 11.5 Å². The molecule has 1 aromatic carbocycles. The Morgan fingerprint density at radius 3 is 2.53 bits per heavy atom. The number of rotatable bonds is 6. The van der Waals surface area contributed by atoms with Gasteiger partial charge in [-0.05, 0) is 25.0 Å². The molecule has 1 unspecified atom stereocenters. The zero-order valence-corrected chi connectivity index (χ0v) is 11.5. The van der Waals surface area contributed by atoms with Gasteiger partial charge in [-0.25, -0.2) is 0 Å². The fourth-order valence-electron chi connectivity index (χ4n) is 1.63. The number of nitrogens with one attached hydrogen (secondary N) is 1. The quantitative estimate of drug-likeness (QED) is 0.769. The summed E-state index contributed by atoms with van der Waals surface area (Å²) < 4.78 is 10.4. The van der Waals surface area contributed by atoms with E-state index in [0.717, 1.165) is 5.56 Å². The standard InChI is InChI=1S/C14H20N2O3/c1-5-6-10(15)14(17)16-11-8-13(19-4)12(18-3)7-9(11)2/h5,7-8,10H,1,6,15H2,2-4H3,(H,16,17). The Morgan fingerprint density at radius 2 is 2.00 bits per heavy atom. The summed E-state index contributed by atoms with van der Waals surface area (Å²) in [7, 11) is 3.11. The van der Waals surface area contributed by atoms with Crippen molar-refractivity contribution in [3.05, 3.63) is 30.4 Å². The molecule has 0 saturated heterocycles. The van der Waals surface area contributed by atoms with Crippen LogP contribution in [-0.4, -0.2) is 26.2 Å². The molecule has 0 bridgehead atoms. The Kier molecular flexibility index (Phi) is 5.38. The minimum absolute atomic E-state index is 0.254. The molecule has 5 nitrogen and oxygen atoms in total. The number of nitrogens with two attached hydrogens (primary N) is 1. The SMILES string of the molecule is C=CCC(N)C(=O)Nc1cc(OC)c(OC)cc1C. The predicted octanol–water partition coefficient (Wildman–Crippen LogP) is 1.85. The number of aryl methyl sites for hydroxylation is 1. The Bertz CT molecular complexity index is 472. The minimum atomic E-state index is -0.606. The first kappa shape index (κ1) is 15.0. The summed E-state index contributed by atoms with van der Waals surface area (Å²) >= 11 is 0. The second-order valence-corrected chi connectivity index (χ2v) is 4.14. The van der Waals surface area contributed by atoms with Gasteiger partial charge in [0, 0.05) is 11.8 Å². The third-order valence-corrected chi connectivity index (χ3v) is 2.75. The molecule has 0 fully saturated rings. The second kappa shape index (κ2) is 6.80. The molecule has 0 radical (unpaired) electrons. The normalized spacial score (nSPS) is 11.6. The number of hydrogen-bond acceptors (Lipinski definition) is 4. The first-order valence-corrected chi connectivity index (χ1v) is 5.93. The Balaban J connectivity index is 2.95. The van der Waals surface area contributed by atoms with Crippen LogP contribution in [0.25, 0.3) is 0 Å². The van der Waals surface area contributed by atoms with Gasteiger partial charge in [-0.2, -0.15) is 0 Å². The summed E-state index contributed by atoms with van der Waals surface area (Å²) in [4.78, 5) is 11.9. The van der Waals surface area contributed by atoms with E-state index in [0.29, 0.717) is 23.6 Å². The highest BCUT2D eigenvalue weighted by Crippen LogP contribution is 2.32. The van der Waals surface area contributed by atoms with Gasteiger partial charge in [-0.3, -0.25) is 4.79 Å². The van der Waals surface area contributed by atoms with Crippen LogP contribution in [-0.2, 0) is 4.79 Å². The maximum Gasteiger partial charge on any atom is 0.241 e. The van der Waals surface area contributed by atoms with Crippen LogP contribution >= 0.6 is 0 Å². The Hall–Kier alpha value is -2.01. The van der Waals surface area contributed by atoms with E-state index in [9.17, 15) is 4.79 Å². The molecule has 0 aliphatic rings. The van der Waals surface area contributed by atoms with Crippen LogP contribution in [0, 0.1) is 6.92 Å². The number of benzene rings is 1. The zero-order chi connectivity index (χ0) is 14.4. The highest BCUT2D eigenvalue weighted by atomic mass is 16.5. The van der Waals surface area contributed by atoms with Crippen molar-refractivity contribution in [2.75, 3.05) is 19.5 Å². The fraction of sp³-hybridized carbons (Fsp3) is 0.357. The highest BCUT2D eigenvalue weighted by Gasteiger charge is 2.15. The van der Waals surface area contributed by atoms with Crippen molar-refractivity contribution < 1.29 is 14.3 Å². The van der Waals surface area contributed by atoms with Crippen molar-refractivity contribution >= 4 is 11.6 Å². The molecule has 3 N–H and O–H groups in total. The van der Waals surface area contributed by atoms with E-state index in [1.807, 2.05) is 6.92 Å². The van der Waals surface area contributed by atoms with Gasteiger partial charge in [0.25, 0.3) is 0 Å².